The van der Waals surface area contributed by atoms with Gasteiger partial charge in [0, 0.05) is 45.8 Å². The first-order chi connectivity index (χ1) is 21.1. The molecule has 44 heavy (non-hydrogen) atoms. The number of fused-ring (bicyclic) bond motifs is 2. The van der Waals surface area contributed by atoms with E-state index in [1.165, 1.54) is 0 Å². The molecule has 1 unspecified atom stereocenters. The predicted octanol–water partition coefficient (Wildman–Crippen LogP) is 5.30. The van der Waals surface area contributed by atoms with Crippen LogP contribution in [-0.4, -0.2) is 59.8 Å². The van der Waals surface area contributed by atoms with Crippen molar-refractivity contribution in [3.63, 3.8) is 0 Å². The van der Waals surface area contributed by atoms with Crippen molar-refractivity contribution >= 4 is 55.9 Å². The summed E-state index contributed by atoms with van der Waals surface area (Å²) in [7, 11) is -3.57. The first kappa shape index (κ1) is 30.6. The summed E-state index contributed by atoms with van der Waals surface area (Å²) in [6, 6.07) is 18.1. The standard InChI is InChI=1S/C32H33Cl2N5O4S/c1-44(42,43)37-27-12-6-7-13-28(27)39-30(24-15-14-21(33)18-25(24)34)29(22-9-3-4-10-23(22)32(39)41)31(40)35-16-17-38-19-20-8-2-5-11-26(20)36-38/h2-5,8-11,14-15,18-19,27-30,37H,6-7,12-13,16-17H2,1H3,(H,35,40)/t27?,28-,29+,30-/m0/s1. The number of amides is 2. The highest BCUT2D eigenvalue weighted by Gasteiger charge is 2.49. The van der Waals surface area contributed by atoms with Crippen LogP contribution in [-0.2, 0) is 21.4 Å². The summed E-state index contributed by atoms with van der Waals surface area (Å²) in [6.45, 7) is 0.759. The molecule has 0 bridgehead atoms. The second-order valence-electron chi connectivity index (χ2n) is 11.5. The predicted molar refractivity (Wildman–Crippen MR) is 171 cm³/mol. The number of aromatic nitrogens is 2. The third kappa shape index (κ3) is 6.21. The molecule has 2 amide bonds. The van der Waals surface area contributed by atoms with E-state index < -0.39 is 34.1 Å². The van der Waals surface area contributed by atoms with Crippen molar-refractivity contribution in [3.8, 4) is 0 Å². The largest absolute Gasteiger partial charge is 0.354 e. The number of halogens is 2. The molecule has 3 aromatic carbocycles. The Hall–Kier alpha value is -3.44. The van der Waals surface area contributed by atoms with Gasteiger partial charge in [-0.25, -0.2) is 13.1 Å². The SMILES string of the molecule is CS(=O)(=O)NC1CCCC[C@@H]1N1C(=O)c2ccccc2[C@@H](C(=O)NCCn2cc3ccccc3n2)[C@@H]1c1ccc(Cl)cc1Cl. The van der Waals surface area contributed by atoms with Crippen LogP contribution in [0.3, 0.4) is 0 Å². The first-order valence-electron chi connectivity index (χ1n) is 14.6. The van der Waals surface area contributed by atoms with Gasteiger partial charge in [-0.2, -0.15) is 5.10 Å². The summed E-state index contributed by atoms with van der Waals surface area (Å²) in [5.74, 6) is -1.36. The van der Waals surface area contributed by atoms with Crippen LogP contribution in [0, 0.1) is 0 Å². The minimum Gasteiger partial charge on any atom is -0.354 e. The molecule has 0 radical (unpaired) electrons. The highest BCUT2D eigenvalue weighted by molar-refractivity contribution is 7.88. The molecule has 1 saturated carbocycles. The van der Waals surface area contributed by atoms with Crippen LogP contribution >= 0.6 is 23.2 Å². The monoisotopic (exact) mass is 653 g/mol. The zero-order valence-electron chi connectivity index (χ0n) is 24.1. The van der Waals surface area contributed by atoms with Crippen LogP contribution < -0.4 is 10.0 Å². The van der Waals surface area contributed by atoms with E-state index in [4.69, 9.17) is 23.2 Å². The van der Waals surface area contributed by atoms with Crippen molar-refractivity contribution < 1.29 is 18.0 Å². The highest BCUT2D eigenvalue weighted by Crippen LogP contribution is 2.47. The molecular formula is C32H33Cl2N5O4S. The fourth-order valence-electron chi connectivity index (χ4n) is 6.66. The summed E-state index contributed by atoms with van der Waals surface area (Å²) in [5.41, 5.74) is 2.45. The fraction of sp³-hybridized carbons (Fsp3) is 0.344. The molecule has 230 valence electrons. The Morgan fingerprint density at radius 2 is 1.75 bits per heavy atom. The molecule has 2 N–H and O–H groups in total. The molecular weight excluding hydrogens is 621 g/mol. The van der Waals surface area contributed by atoms with E-state index in [0.29, 0.717) is 52.7 Å². The lowest BCUT2D eigenvalue weighted by Gasteiger charge is -2.49. The van der Waals surface area contributed by atoms with Crippen molar-refractivity contribution in [3.05, 3.63) is 99.7 Å². The van der Waals surface area contributed by atoms with Gasteiger partial charge in [0.1, 0.15) is 0 Å². The molecule has 2 aliphatic rings. The summed E-state index contributed by atoms with van der Waals surface area (Å²) in [6.07, 6.45) is 5.84. The van der Waals surface area contributed by atoms with Gasteiger partial charge in [-0.3, -0.25) is 14.3 Å². The zero-order valence-corrected chi connectivity index (χ0v) is 26.4. The Labute approximate surface area is 266 Å². The maximum absolute atomic E-state index is 14.4. The normalized spacial score (nSPS) is 22.2. The number of carbonyl (C=O) groups is 2. The Bertz CT molecular complexity index is 1800. The van der Waals surface area contributed by atoms with Crippen molar-refractivity contribution in [2.45, 2.75) is 56.3 Å². The molecule has 6 rings (SSSR count). The number of hydrogen-bond acceptors (Lipinski definition) is 5. The van der Waals surface area contributed by atoms with Gasteiger partial charge in [-0.1, -0.05) is 78.5 Å². The molecule has 1 aliphatic heterocycles. The Kier molecular flexibility index (Phi) is 8.70. The van der Waals surface area contributed by atoms with Gasteiger partial charge < -0.3 is 10.2 Å². The van der Waals surface area contributed by atoms with Gasteiger partial charge in [-0.15, -0.1) is 0 Å². The number of carbonyl (C=O) groups excluding carboxylic acids is 2. The average Bonchev–Trinajstić information content (AvgIpc) is 3.40. The van der Waals surface area contributed by atoms with E-state index in [0.717, 1.165) is 30.0 Å². The molecule has 1 aliphatic carbocycles. The van der Waals surface area contributed by atoms with E-state index >= 15 is 0 Å². The van der Waals surface area contributed by atoms with Crippen LogP contribution in [0.15, 0.2) is 72.9 Å². The van der Waals surface area contributed by atoms with E-state index in [-0.39, 0.29) is 11.8 Å². The number of nitrogens with zero attached hydrogens (tertiary/aromatic N) is 3. The van der Waals surface area contributed by atoms with Crippen LogP contribution in [0.1, 0.15) is 59.1 Å². The van der Waals surface area contributed by atoms with Gasteiger partial charge in [0.05, 0.1) is 30.3 Å². The minimum absolute atomic E-state index is 0.268. The third-order valence-electron chi connectivity index (χ3n) is 8.49. The number of sulfonamides is 1. The zero-order chi connectivity index (χ0) is 31.0. The molecule has 0 spiro atoms. The van der Waals surface area contributed by atoms with Crippen LogP contribution in [0.25, 0.3) is 10.9 Å². The van der Waals surface area contributed by atoms with E-state index in [2.05, 4.69) is 15.1 Å². The van der Waals surface area contributed by atoms with Crippen LogP contribution in [0.2, 0.25) is 10.0 Å². The maximum Gasteiger partial charge on any atom is 0.255 e. The molecule has 0 saturated heterocycles. The van der Waals surface area contributed by atoms with E-state index in [9.17, 15) is 18.0 Å². The minimum atomic E-state index is -3.57. The molecule has 2 heterocycles. The summed E-state index contributed by atoms with van der Waals surface area (Å²) < 4.78 is 29.4. The summed E-state index contributed by atoms with van der Waals surface area (Å²) in [5, 5.41) is 9.43. The number of hydrogen-bond donors (Lipinski definition) is 2. The fourth-order valence-corrected chi connectivity index (χ4v) is 8.01. The maximum atomic E-state index is 14.4. The Balaban J connectivity index is 1.40. The molecule has 12 heteroatoms. The number of nitrogens with one attached hydrogen (secondary N) is 2. The van der Waals surface area contributed by atoms with Crippen molar-refractivity contribution in [2.75, 3.05) is 12.8 Å². The lowest BCUT2D eigenvalue weighted by Crippen LogP contribution is -2.59. The third-order valence-corrected chi connectivity index (χ3v) is 9.79. The van der Waals surface area contributed by atoms with Gasteiger partial charge in [0.25, 0.3) is 5.91 Å². The second-order valence-corrected chi connectivity index (χ2v) is 14.1. The van der Waals surface area contributed by atoms with Gasteiger partial charge >= 0.3 is 0 Å². The number of benzene rings is 3. The Morgan fingerprint density at radius 1 is 1.00 bits per heavy atom. The molecule has 4 aromatic rings. The van der Waals surface area contributed by atoms with Gasteiger partial charge in [0.15, 0.2) is 0 Å². The highest BCUT2D eigenvalue weighted by atomic mass is 35.5. The van der Waals surface area contributed by atoms with Gasteiger partial charge in [-0.05, 0) is 48.2 Å². The topological polar surface area (TPSA) is 113 Å². The quantitative estimate of drug-likeness (QED) is 0.268. The molecule has 9 nitrogen and oxygen atoms in total. The van der Waals surface area contributed by atoms with Crippen molar-refractivity contribution in [1.29, 1.82) is 0 Å². The Morgan fingerprint density at radius 3 is 2.52 bits per heavy atom. The average molecular weight is 655 g/mol. The van der Waals surface area contributed by atoms with E-state index in [1.807, 2.05) is 36.5 Å². The van der Waals surface area contributed by atoms with Crippen LogP contribution in [0.5, 0.6) is 0 Å². The molecule has 1 fully saturated rings. The van der Waals surface area contributed by atoms with Crippen molar-refractivity contribution in [1.82, 2.24) is 24.7 Å². The van der Waals surface area contributed by atoms with Crippen LogP contribution in [0.4, 0.5) is 0 Å². The lowest BCUT2D eigenvalue weighted by atomic mass is 9.76. The smallest absolute Gasteiger partial charge is 0.255 e. The van der Waals surface area contributed by atoms with Crippen molar-refractivity contribution in [2.24, 2.45) is 0 Å². The number of rotatable bonds is 8. The van der Waals surface area contributed by atoms with Gasteiger partial charge in [0.2, 0.25) is 15.9 Å². The first-order valence-corrected chi connectivity index (χ1v) is 17.3. The summed E-state index contributed by atoms with van der Waals surface area (Å²) in [4.78, 5) is 30.3. The van der Waals surface area contributed by atoms with E-state index in [1.54, 1.807) is 46.0 Å². The molecule has 4 atom stereocenters. The molecule has 1 aromatic heterocycles. The second kappa shape index (κ2) is 12.5. The lowest BCUT2D eigenvalue weighted by molar-refractivity contribution is -0.124. The summed E-state index contributed by atoms with van der Waals surface area (Å²) >= 11 is 13.1.